The summed E-state index contributed by atoms with van der Waals surface area (Å²) in [7, 11) is 4.06. The Balaban J connectivity index is 1.58. The Morgan fingerprint density at radius 1 is 0.825 bits per heavy atom. The van der Waals surface area contributed by atoms with Crippen LogP contribution < -0.4 is 10.2 Å². The maximum absolute atomic E-state index is 12.3. The number of rotatable bonds is 11. The fraction of sp³-hybridized carbons (Fsp3) is 0.176. The molecule has 6 heteroatoms. The number of hydrogen-bond acceptors (Lipinski definition) is 5. The van der Waals surface area contributed by atoms with Crippen molar-refractivity contribution in [1.29, 1.82) is 0 Å². The molecule has 0 heterocycles. The zero-order valence-electron chi connectivity index (χ0n) is 23.2. The first kappa shape index (κ1) is 28.3. The highest BCUT2D eigenvalue weighted by molar-refractivity contribution is 5.99. The van der Waals surface area contributed by atoms with Gasteiger partial charge in [0, 0.05) is 12.1 Å². The molecule has 4 aromatic rings. The lowest BCUT2D eigenvalue weighted by Crippen LogP contribution is -2.19. The third kappa shape index (κ3) is 7.68. The van der Waals surface area contributed by atoms with Crippen molar-refractivity contribution in [2.45, 2.75) is 13.3 Å². The molecule has 6 nitrogen and oxygen atoms in total. The average molecular weight is 534 g/mol. The molecule has 0 saturated carbocycles. The molecule has 0 aliphatic carbocycles. The second-order valence-electron chi connectivity index (χ2n) is 9.62. The van der Waals surface area contributed by atoms with Crippen LogP contribution in [-0.2, 0) is 0 Å². The SMILES string of the molecule is CC/C(=C(\c1ccc(/C=N/NC(=O)c2ccc(O)cc2)cc1)c1ccc(OCCN(C)C)cc1)c1ccccc1. The number of carbonyl (C=O) groups is 1. The number of likely N-dealkylation sites (N-methyl/N-ethyl adjacent to an activating group) is 1. The van der Waals surface area contributed by atoms with Crippen molar-refractivity contribution in [3.8, 4) is 11.5 Å². The van der Waals surface area contributed by atoms with Gasteiger partial charge in [-0.3, -0.25) is 4.79 Å². The lowest BCUT2D eigenvalue weighted by atomic mass is 9.88. The van der Waals surface area contributed by atoms with Gasteiger partial charge < -0.3 is 14.7 Å². The monoisotopic (exact) mass is 533 g/mol. The van der Waals surface area contributed by atoms with Crippen LogP contribution in [0.25, 0.3) is 11.1 Å². The normalized spacial score (nSPS) is 11.9. The summed E-state index contributed by atoms with van der Waals surface area (Å²) in [5.41, 5.74) is 9.62. The smallest absolute Gasteiger partial charge is 0.271 e. The molecule has 0 unspecified atom stereocenters. The molecule has 0 bridgehead atoms. The summed E-state index contributed by atoms with van der Waals surface area (Å²) in [4.78, 5) is 14.4. The predicted octanol–water partition coefficient (Wildman–Crippen LogP) is 6.47. The topological polar surface area (TPSA) is 74.2 Å². The number of benzene rings is 4. The maximum atomic E-state index is 12.3. The number of amides is 1. The Bertz CT molecular complexity index is 1440. The first-order valence-corrected chi connectivity index (χ1v) is 13.3. The molecule has 4 aromatic carbocycles. The first-order chi connectivity index (χ1) is 19.4. The molecule has 0 radical (unpaired) electrons. The van der Waals surface area contributed by atoms with Crippen LogP contribution in [0.3, 0.4) is 0 Å². The van der Waals surface area contributed by atoms with Crippen LogP contribution in [0, 0.1) is 0 Å². The molecule has 0 spiro atoms. The second-order valence-corrected chi connectivity index (χ2v) is 9.62. The van der Waals surface area contributed by atoms with Gasteiger partial charge in [-0.25, -0.2) is 5.43 Å². The molecule has 0 atom stereocenters. The molecule has 4 rings (SSSR count). The molecule has 2 N–H and O–H groups in total. The number of allylic oxidation sites excluding steroid dienone is 1. The third-order valence-corrected chi connectivity index (χ3v) is 6.44. The Kier molecular flexibility index (Phi) is 9.86. The minimum Gasteiger partial charge on any atom is -0.508 e. The number of nitrogens with one attached hydrogen (secondary N) is 1. The van der Waals surface area contributed by atoms with Crippen LogP contribution in [0.2, 0.25) is 0 Å². The number of carbonyl (C=O) groups excluding carboxylic acids is 1. The minimum atomic E-state index is -0.345. The van der Waals surface area contributed by atoms with Gasteiger partial charge in [-0.05, 0) is 90.3 Å². The summed E-state index contributed by atoms with van der Waals surface area (Å²) in [6.07, 6.45) is 2.48. The molecular formula is C34H35N3O3. The molecule has 204 valence electrons. The van der Waals surface area contributed by atoms with E-state index in [-0.39, 0.29) is 11.7 Å². The largest absolute Gasteiger partial charge is 0.508 e. The van der Waals surface area contributed by atoms with Crippen molar-refractivity contribution in [1.82, 2.24) is 10.3 Å². The second kappa shape index (κ2) is 13.9. The predicted molar refractivity (Wildman–Crippen MR) is 163 cm³/mol. The van der Waals surface area contributed by atoms with E-state index in [1.54, 1.807) is 18.3 Å². The molecular weight excluding hydrogens is 498 g/mol. The fourth-order valence-corrected chi connectivity index (χ4v) is 4.32. The molecule has 1 amide bonds. The first-order valence-electron chi connectivity index (χ1n) is 13.3. The summed E-state index contributed by atoms with van der Waals surface area (Å²) in [5, 5.41) is 13.5. The average Bonchev–Trinajstić information content (AvgIpc) is 2.97. The fourth-order valence-electron chi connectivity index (χ4n) is 4.32. The van der Waals surface area contributed by atoms with Gasteiger partial charge in [-0.15, -0.1) is 0 Å². The van der Waals surface area contributed by atoms with E-state index >= 15 is 0 Å². The van der Waals surface area contributed by atoms with E-state index in [1.807, 2.05) is 44.4 Å². The lowest BCUT2D eigenvalue weighted by molar-refractivity contribution is 0.0955. The number of nitrogens with zero attached hydrogens (tertiary/aromatic N) is 2. The van der Waals surface area contributed by atoms with Crippen molar-refractivity contribution >= 4 is 23.3 Å². The van der Waals surface area contributed by atoms with Gasteiger partial charge in [-0.1, -0.05) is 73.7 Å². The van der Waals surface area contributed by atoms with Crippen molar-refractivity contribution < 1.29 is 14.6 Å². The van der Waals surface area contributed by atoms with E-state index in [0.717, 1.165) is 41.0 Å². The Morgan fingerprint density at radius 3 is 2.02 bits per heavy atom. The summed E-state index contributed by atoms with van der Waals surface area (Å²) in [6, 6.07) is 32.9. The Hall–Kier alpha value is -4.68. The number of hydrazone groups is 1. The van der Waals surface area contributed by atoms with Crippen molar-refractivity contribution in [3.63, 3.8) is 0 Å². The highest BCUT2D eigenvalue weighted by atomic mass is 16.5. The van der Waals surface area contributed by atoms with Gasteiger partial charge in [-0.2, -0.15) is 5.10 Å². The van der Waals surface area contributed by atoms with Gasteiger partial charge in [0.15, 0.2) is 0 Å². The van der Waals surface area contributed by atoms with Crippen molar-refractivity contribution in [2.75, 3.05) is 27.2 Å². The van der Waals surface area contributed by atoms with Crippen molar-refractivity contribution in [3.05, 3.63) is 131 Å². The lowest BCUT2D eigenvalue weighted by Gasteiger charge is -2.17. The zero-order chi connectivity index (χ0) is 28.3. The van der Waals surface area contributed by atoms with E-state index in [0.29, 0.717) is 12.2 Å². The van der Waals surface area contributed by atoms with Crippen LogP contribution in [0.1, 0.15) is 46.0 Å². The van der Waals surface area contributed by atoms with E-state index in [4.69, 9.17) is 4.74 Å². The molecule has 40 heavy (non-hydrogen) atoms. The van der Waals surface area contributed by atoms with Gasteiger partial charge in [0.2, 0.25) is 0 Å². The summed E-state index contributed by atoms with van der Waals surface area (Å²) < 4.78 is 5.92. The van der Waals surface area contributed by atoms with Crippen LogP contribution >= 0.6 is 0 Å². The Morgan fingerprint density at radius 2 is 1.43 bits per heavy atom. The molecule has 0 aliphatic heterocycles. The van der Waals surface area contributed by atoms with Crippen LogP contribution in [-0.4, -0.2) is 49.4 Å². The van der Waals surface area contributed by atoms with Gasteiger partial charge in [0.05, 0.1) is 6.21 Å². The van der Waals surface area contributed by atoms with Crippen LogP contribution in [0.15, 0.2) is 108 Å². The van der Waals surface area contributed by atoms with Crippen LogP contribution in [0.5, 0.6) is 11.5 Å². The number of hydrogen-bond donors (Lipinski definition) is 2. The molecule has 0 aliphatic rings. The summed E-state index contributed by atoms with van der Waals surface area (Å²) in [5.74, 6) is 0.614. The highest BCUT2D eigenvalue weighted by Crippen LogP contribution is 2.35. The molecule has 0 saturated heterocycles. The number of phenolic OH excluding ortho intramolecular Hbond substituents is 1. The molecule has 0 fully saturated rings. The maximum Gasteiger partial charge on any atom is 0.271 e. The third-order valence-electron chi connectivity index (χ3n) is 6.44. The van der Waals surface area contributed by atoms with E-state index in [9.17, 15) is 9.90 Å². The van der Waals surface area contributed by atoms with Crippen molar-refractivity contribution in [2.24, 2.45) is 5.10 Å². The standard InChI is InChI=1S/C34H35N3O3/c1-4-32(26-8-6-5-7-9-26)33(28-16-20-31(21-17-28)40-23-22-37(2)3)27-12-10-25(11-13-27)24-35-36-34(39)29-14-18-30(38)19-15-29/h5-21,24,38H,4,22-23H2,1-3H3,(H,36,39)/b33-32-,35-24+. The summed E-state index contributed by atoms with van der Waals surface area (Å²) >= 11 is 0. The summed E-state index contributed by atoms with van der Waals surface area (Å²) in [6.45, 7) is 3.67. The Labute approximate surface area is 236 Å². The van der Waals surface area contributed by atoms with E-state index in [1.165, 1.54) is 23.3 Å². The van der Waals surface area contributed by atoms with Gasteiger partial charge in [0.1, 0.15) is 18.1 Å². The van der Waals surface area contributed by atoms with Crippen LogP contribution in [0.4, 0.5) is 0 Å². The van der Waals surface area contributed by atoms with E-state index < -0.39 is 0 Å². The number of aromatic hydroxyl groups is 1. The molecule has 0 aromatic heterocycles. The van der Waals surface area contributed by atoms with Gasteiger partial charge >= 0.3 is 0 Å². The van der Waals surface area contributed by atoms with Gasteiger partial charge in [0.25, 0.3) is 5.91 Å². The quantitative estimate of drug-likeness (QED) is 0.132. The zero-order valence-corrected chi connectivity index (χ0v) is 23.2. The number of phenols is 1. The highest BCUT2D eigenvalue weighted by Gasteiger charge is 2.13. The van der Waals surface area contributed by atoms with E-state index in [2.05, 4.69) is 70.9 Å². The minimum absolute atomic E-state index is 0.108. The number of ether oxygens (including phenoxy) is 1.